The molecule has 2 N–H and O–H groups in total. The molecular formula is C26H31N3O4. The Labute approximate surface area is 194 Å². The van der Waals surface area contributed by atoms with Crippen LogP contribution in [0.25, 0.3) is 11.1 Å². The van der Waals surface area contributed by atoms with Gasteiger partial charge in [0, 0.05) is 25.6 Å². The summed E-state index contributed by atoms with van der Waals surface area (Å²) in [7, 11) is 1.67. The molecule has 7 nitrogen and oxygen atoms in total. The summed E-state index contributed by atoms with van der Waals surface area (Å²) >= 11 is 0. The molecule has 0 spiro atoms. The molecule has 33 heavy (non-hydrogen) atoms. The second-order valence-corrected chi connectivity index (χ2v) is 9.61. The lowest BCUT2D eigenvalue weighted by molar-refractivity contribution is -0.122. The van der Waals surface area contributed by atoms with Crippen LogP contribution < -0.4 is 15.4 Å². The largest absolute Gasteiger partial charge is 0.497 e. The smallest absolute Gasteiger partial charge is 0.318 e. The first-order valence-electron chi connectivity index (χ1n) is 11.7. The van der Waals surface area contributed by atoms with E-state index in [0.29, 0.717) is 32.8 Å². The van der Waals surface area contributed by atoms with Gasteiger partial charge in [-0.15, -0.1) is 0 Å². The van der Waals surface area contributed by atoms with Crippen LogP contribution in [0.4, 0.5) is 4.79 Å². The van der Waals surface area contributed by atoms with Crippen LogP contribution in [-0.4, -0.2) is 49.2 Å². The second kappa shape index (κ2) is 8.71. The van der Waals surface area contributed by atoms with Crippen molar-refractivity contribution < 1.29 is 19.1 Å². The van der Waals surface area contributed by atoms with Crippen LogP contribution in [0, 0.1) is 5.92 Å². The van der Waals surface area contributed by atoms with Crippen molar-refractivity contribution in [3.05, 3.63) is 53.1 Å². The predicted molar refractivity (Wildman–Crippen MR) is 125 cm³/mol. The van der Waals surface area contributed by atoms with Gasteiger partial charge in [0.15, 0.2) is 0 Å². The normalized spacial score (nSPS) is 18.7. The van der Waals surface area contributed by atoms with E-state index in [4.69, 9.17) is 9.47 Å². The summed E-state index contributed by atoms with van der Waals surface area (Å²) in [5, 5.41) is 6.22. The Balaban J connectivity index is 1.44. The number of amides is 3. The molecule has 1 saturated heterocycles. The summed E-state index contributed by atoms with van der Waals surface area (Å²) in [6, 6.07) is 12.2. The number of hydrogen-bond acceptors (Lipinski definition) is 4. The Morgan fingerprint density at radius 2 is 2.00 bits per heavy atom. The molecule has 0 aromatic heterocycles. The highest BCUT2D eigenvalue weighted by atomic mass is 16.5. The number of urea groups is 1. The lowest BCUT2D eigenvalue weighted by Crippen LogP contribution is -2.62. The molecule has 0 bridgehead atoms. The van der Waals surface area contributed by atoms with Crippen LogP contribution in [0.5, 0.6) is 5.75 Å². The van der Waals surface area contributed by atoms with Crippen LogP contribution in [0.15, 0.2) is 36.4 Å². The van der Waals surface area contributed by atoms with Gasteiger partial charge in [-0.3, -0.25) is 4.79 Å². The maximum absolute atomic E-state index is 13.0. The minimum Gasteiger partial charge on any atom is -0.497 e. The molecular weight excluding hydrogens is 418 g/mol. The van der Waals surface area contributed by atoms with Gasteiger partial charge in [0.25, 0.3) is 0 Å². The Morgan fingerprint density at radius 1 is 1.18 bits per heavy atom. The van der Waals surface area contributed by atoms with Crippen LogP contribution in [-0.2, 0) is 29.0 Å². The van der Waals surface area contributed by atoms with Crippen LogP contribution >= 0.6 is 0 Å². The maximum atomic E-state index is 13.0. The van der Waals surface area contributed by atoms with E-state index in [1.54, 1.807) is 7.11 Å². The lowest BCUT2D eigenvalue weighted by Gasteiger charge is -2.41. The van der Waals surface area contributed by atoms with E-state index in [0.717, 1.165) is 47.3 Å². The summed E-state index contributed by atoms with van der Waals surface area (Å²) in [4.78, 5) is 27.1. The zero-order valence-electron chi connectivity index (χ0n) is 19.3. The Bertz CT molecular complexity index is 1080. The molecule has 174 valence electrons. The fraction of sp³-hybridized carbons (Fsp3) is 0.462. The molecule has 3 amide bonds. The van der Waals surface area contributed by atoms with Gasteiger partial charge in [-0.05, 0) is 66.1 Å². The van der Waals surface area contributed by atoms with Gasteiger partial charge >= 0.3 is 6.03 Å². The number of ether oxygens (including phenoxy) is 2. The van der Waals surface area contributed by atoms with E-state index in [1.807, 2.05) is 30.0 Å². The molecule has 5 rings (SSSR count). The number of carbonyl (C=O) groups excluding carboxylic acids is 2. The summed E-state index contributed by atoms with van der Waals surface area (Å²) in [5.41, 5.74) is 5.39. The van der Waals surface area contributed by atoms with Crippen molar-refractivity contribution >= 4 is 11.9 Å². The Kier molecular flexibility index (Phi) is 5.74. The number of nitrogens with one attached hydrogen (secondary N) is 2. The predicted octanol–water partition coefficient (Wildman–Crippen LogP) is 3.25. The van der Waals surface area contributed by atoms with E-state index >= 15 is 0 Å². The molecule has 2 aromatic carbocycles. The molecule has 0 radical (unpaired) electrons. The minimum absolute atomic E-state index is 0.0637. The van der Waals surface area contributed by atoms with E-state index in [1.165, 1.54) is 5.56 Å². The second-order valence-electron chi connectivity index (χ2n) is 9.61. The van der Waals surface area contributed by atoms with Gasteiger partial charge in [-0.1, -0.05) is 24.3 Å². The van der Waals surface area contributed by atoms with Gasteiger partial charge < -0.3 is 25.0 Å². The molecule has 1 saturated carbocycles. The van der Waals surface area contributed by atoms with Gasteiger partial charge in [-0.2, -0.15) is 0 Å². The molecule has 2 aromatic rings. The Morgan fingerprint density at radius 3 is 2.70 bits per heavy atom. The SMILES string of the molecule is COc1cccc(-c2ccc(CNC(=O)C3CC3)c3c2CCN(C(=O)NC2(C)COC2)C3)c1. The molecule has 3 aliphatic rings. The van der Waals surface area contributed by atoms with E-state index < -0.39 is 0 Å². The fourth-order valence-electron chi connectivity index (χ4n) is 4.63. The van der Waals surface area contributed by atoms with Gasteiger partial charge in [0.05, 0.1) is 25.9 Å². The summed E-state index contributed by atoms with van der Waals surface area (Å²) in [6.45, 7) is 4.74. The van der Waals surface area contributed by atoms with Gasteiger partial charge in [0.2, 0.25) is 5.91 Å². The average Bonchev–Trinajstić information content (AvgIpc) is 3.66. The first-order valence-corrected chi connectivity index (χ1v) is 11.7. The molecule has 2 aliphatic heterocycles. The number of benzene rings is 2. The number of nitrogens with zero attached hydrogens (tertiary/aromatic N) is 1. The number of hydrogen-bond donors (Lipinski definition) is 2. The van der Waals surface area contributed by atoms with Crippen molar-refractivity contribution in [2.45, 2.75) is 44.8 Å². The lowest BCUT2D eigenvalue weighted by atomic mass is 9.87. The average molecular weight is 450 g/mol. The Hall–Kier alpha value is -3.06. The summed E-state index contributed by atoms with van der Waals surface area (Å²) in [5.74, 6) is 1.11. The number of carbonyl (C=O) groups is 2. The van der Waals surface area contributed by atoms with Gasteiger partial charge in [-0.25, -0.2) is 4.79 Å². The first kappa shape index (κ1) is 21.8. The summed E-state index contributed by atoms with van der Waals surface area (Å²) in [6.07, 6.45) is 2.72. The van der Waals surface area contributed by atoms with Crippen molar-refractivity contribution in [3.63, 3.8) is 0 Å². The van der Waals surface area contributed by atoms with E-state index in [-0.39, 0.29) is 23.4 Å². The highest BCUT2D eigenvalue weighted by Crippen LogP contribution is 2.35. The maximum Gasteiger partial charge on any atom is 0.318 e. The van der Waals surface area contributed by atoms with Crippen molar-refractivity contribution in [2.75, 3.05) is 26.9 Å². The highest BCUT2D eigenvalue weighted by Gasteiger charge is 2.37. The topological polar surface area (TPSA) is 79.9 Å². The number of rotatable bonds is 6. The first-order chi connectivity index (χ1) is 16.0. The van der Waals surface area contributed by atoms with Crippen molar-refractivity contribution in [2.24, 2.45) is 5.92 Å². The van der Waals surface area contributed by atoms with Crippen LogP contribution in [0.2, 0.25) is 0 Å². The molecule has 2 heterocycles. The minimum atomic E-state index is -0.291. The highest BCUT2D eigenvalue weighted by molar-refractivity contribution is 5.81. The van der Waals surface area contributed by atoms with Crippen molar-refractivity contribution in [1.82, 2.24) is 15.5 Å². The third-order valence-electron chi connectivity index (χ3n) is 6.83. The molecule has 0 atom stereocenters. The van der Waals surface area contributed by atoms with Gasteiger partial charge in [0.1, 0.15) is 5.75 Å². The monoisotopic (exact) mass is 449 g/mol. The van der Waals surface area contributed by atoms with Crippen LogP contribution in [0.1, 0.15) is 36.5 Å². The van der Waals surface area contributed by atoms with E-state index in [9.17, 15) is 9.59 Å². The quantitative estimate of drug-likeness (QED) is 0.710. The summed E-state index contributed by atoms with van der Waals surface area (Å²) < 4.78 is 10.7. The van der Waals surface area contributed by atoms with Crippen molar-refractivity contribution in [1.29, 1.82) is 0 Å². The molecule has 0 unspecified atom stereocenters. The number of fused-ring (bicyclic) bond motifs is 1. The van der Waals surface area contributed by atoms with E-state index in [2.05, 4.69) is 28.8 Å². The van der Waals surface area contributed by atoms with Crippen LogP contribution in [0.3, 0.4) is 0 Å². The molecule has 7 heteroatoms. The standard InChI is InChI=1S/C26H31N3O4/c1-26(15-33-16-26)28-25(31)29-11-10-22-21(18-4-3-5-20(12-18)32-2)9-8-19(23(22)14-29)13-27-24(30)17-6-7-17/h3-5,8-9,12,17H,6-7,10-11,13-16H2,1-2H3,(H,27,30)(H,28,31). The number of methoxy groups -OCH3 is 1. The third-order valence-corrected chi connectivity index (χ3v) is 6.83. The third kappa shape index (κ3) is 4.55. The zero-order valence-corrected chi connectivity index (χ0v) is 19.3. The van der Waals surface area contributed by atoms with Crippen molar-refractivity contribution in [3.8, 4) is 16.9 Å². The fourth-order valence-corrected chi connectivity index (χ4v) is 4.63. The molecule has 2 fully saturated rings. The molecule has 1 aliphatic carbocycles. The zero-order chi connectivity index (χ0) is 23.0.